The van der Waals surface area contributed by atoms with Crippen LogP contribution in [-0.2, 0) is 39.9 Å². The summed E-state index contributed by atoms with van der Waals surface area (Å²) in [6.07, 6.45) is -1.43. The second kappa shape index (κ2) is 16.1. The van der Waals surface area contributed by atoms with Crippen LogP contribution in [0.5, 0.6) is 0 Å². The highest BCUT2D eigenvalue weighted by Gasteiger charge is 2.37. The number of benzene rings is 1. The van der Waals surface area contributed by atoms with Crippen molar-refractivity contribution in [2.75, 3.05) is 13.6 Å². The van der Waals surface area contributed by atoms with Gasteiger partial charge in [-0.05, 0) is 42.6 Å². The quantitative estimate of drug-likeness (QED) is 0.457. The molecule has 1 aromatic carbocycles. The van der Waals surface area contributed by atoms with Gasteiger partial charge < -0.3 is 25.0 Å². The van der Waals surface area contributed by atoms with Gasteiger partial charge in [-0.15, -0.1) is 0 Å². The Morgan fingerprint density at radius 3 is 1.98 bits per heavy atom. The number of hydrogen-bond donors (Lipinski definition) is 2. The average Bonchev–Trinajstić information content (AvgIpc) is 2.88. The van der Waals surface area contributed by atoms with Gasteiger partial charge >= 0.3 is 11.9 Å². The number of rotatable bonds is 8. The van der Waals surface area contributed by atoms with Crippen molar-refractivity contribution in [3.05, 3.63) is 35.9 Å². The van der Waals surface area contributed by atoms with Crippen LogP contribution in [0.2, 0.25) is 0 Å². The first-order chi connectivity index (χ1) is 19.3. The van der Waals surface area contributed by atoms with E-state index in [-0.39, 0.29) is 56.4 Å². The molecule has 2 N–H and O–H groups in total. The maximum absolute atomic E-state index is 13.8. The molecule has 41 heavy (non-hydrogen) atoms. The van der Waals surface area contributed by atoms with Gasteiger partial charge in [0.1, 0.15) is 12.1 Å². The lowest BCUT2D eigenvalue weighted by molar-refractivity contribution is -0.166. The number of nitrogens with one attached hydrogen (secondary N) is 2. The fourth-order valence-electron chi connectivity index (χ4n) is 4.68. The van der Waals surface area contributed by atoms with Crippen LogP contribution in [0, 0.1) is 17.8 Å². The number of carbonyl (C=O) groups is 5. The van der Waals surface area contributed by atoms with E-state index >= 15 is 0 Å². The third-order valence-electron chi connectivity index (χ3n) is 6.80. The molecule has 2 rings (SSSR count). The summed E-state index contributed by atoms with van der Waals surface area (Å²) in [6, 6.07) is 7.33. The van der Waals surface area contributed by atoms with E-state index in [0.717, 1.165) is 5.56 Å². The van der Waals surface area contributed by atoms with E-state index < -0.39 is 54.0 Å². The normalized spacial score (nSPS) is 23.9. The molecule has 10 heteroatoms. The lowest BCUT2D eigenvalue weighted by atomic mass is 10.00. The number of cyclic esters (lactones) is 2. The predicted octanol–water partition coefficient (Wildman–Crippen LogP) is 3.02. The van der Waals surface area contributed by atoms with Crippen molar-refractivity contribution >= 4 is 29.7 Å². The Balaban J connectivity index is 2.49. The third kappa shape index (κ3) is 11.2. The van der Waals surface area contributed by atoms with Crippen molar-refractivity contribution < 1.29 is 33.4 Å². The summed E-state index contributed by atoms with van der Waals surface area (Å²) in [5.41, 5.74) is 0.842. The number of hydrogen-bond acceptors (Lipinski definition) is 7. The summed E-state index contributed by atoms with van der Waals surface area (Å²) >= 11 is 0. The Morgan fingerprint density at radius 2 is 1.39 bits per heavy atom. The van der Waals surface area contributed by atoms with E-state index in [1.54, 1.807) is 0 Å². The first kappa shape index (κ1) is 33.8. The Hall–Kier alpha value is -3.43. The van der Waals surface area contributed by atoms with Crippen LogP contribution in [0.1, 0.15) is 72.8 Å². The van der Waals surface area contributed by atoms with Crippen molar-refractivity contribution in [1.82, 2.24) is 15.5 Å². The van der Waals surface area contributed by atoms with Gasteiger partial charge in [0.05, 0.1) is 6.42 Å². The molecule has 1 aliphatic heterocycles. The second-order valence-corrected chi connectivity index (χ2v) is 12.0. The van der Waals surface area contributed by atoms with Crippen LogP contribution in [0.4, 0.5) is 0 Å². The number of nitrogens with zero attached hydrogens (tertiary/aromatic N) is 1. The second-order valence-electron chi connectivity index (χ2n) is 12.0. The van der Waals surface area contributed by atoms with Crippen LogP contribution >= 0.6 is 0 Å². The molecule has 3 amide bonds. The summed E-state index contributed by atoms with van der Waals surface area (Å²) < 4.78 is 11.3. The van der Waals surface area contributed by atoms with Crippen LogP contribution in [-0.4, -0.2) is 72.4 Å². The highest BCUT2D eigenvalue weighted by molar-refractivity contribution is 5.92. The highest BCUT2D eigenvalue weighted by atomic mass is 16.6. The van der Waals surface area contributed by atoms with E-state index in [4.69, 9.17) is 9.47 Å². The van der Waals surface area contributed by atoms with Crippen molar-refractivity contribution in [1.29, 1.82) is 0 Å². The van der Waals surface area contributed by atoms with Gasteiger partial charge in [0.25, 0.3) is 11.8 Å². The number of likely N-dealkylation sites (N-methyl/N-ethyl adjacent to an activating group) is 1. The summed E-state index contributed by atoms with van der Waals surface area (Å²) in [5, 5.41) is 5.45. The molecule has 0 radical (unpaired) electrons. The lowest BCUT2D eigenvalue weighted by Crippen LogP contribution is -2.54. The predicted molar refractivity (Wildman–Crippen MR) is 154 cm³/mol. The SMILES string of the molecule is CC(C)CC1NC(=O)C(CC(C)C)OC(=O)CCNC(=O)C(Cc2ccccc2)N(C)C(=O)C(CC(C)C)OC1=O. The zero-order valence-electron chi connectivity index (χ0n) is 25.5. The topological polar surface area (TPSA) is 131 Å². The molecule has 1 aliphatic rings. The first-order valence-corrected chi connectivity index (χ1v) is 14.6. The van der Waals surface area contributed by atoms with E-state index in [1.165, 1.54) is 11.9 Å². The van der Waals surface area contributed by atoms with Crippen LogP contribution in [0.25, 0.3) is 0 Å². The maximum atomic E-state index is 13.8. The summed E-state index contributed by atoms with van der Waals surface area (Å²) in [5.74, 6) is -2.91. The molecule has 0 spiro atoms. The Bertz CT molecular complexity index is 1040. The monoisotopic (exact) mass is 573 g/mol. The Kier molecular flexibility index (Phi) is 13.3. The summed E-state index contributed by atoms with van der Waals surface area (Å²) in [7, 11) is 1.51. The Labute approximate surface area is 243 Å². The standard InChI is InChI=1S/C31H47N3O7/c1-19(2)15-23-31(39)41-26(17-21(5)6)30(38)34(7)24(18-22-11-9-8-10-12-22)28(36)32-14-13-27(35)40-25(16-20(3)4)29(37)33-23/h8-12,19-21,23-26H,13-18H2,1-7H3,(H,32,36)(H,33,37). The molecule has 1 saturated heterocycles. The number of esters is 2. The largest absolute Gasteiger partial charge is 0.452 e. The summed E-state index contributed by atoms with van der Waals surface area (Å²) in [4.78, 5) is 67.8. The molecule has 1 heterocycles. The molecule has 4 atom stereocenters. The fraction of sp³-hybridized carbons (Fsp3) is 0.645. The summed E-state index contributed by atoms with van der Waals surface area (Å²) in [6.45, 7) is 11.4. The van der Waals surface area contributed by atoms with E-state index in [0.29, 0.717) is 0 Å². The van der Waals surface area contributed by atoms with Crippen LogP contribution in [0.3, 0.4) is 0 Å². The molecule has 1 aromatic rings. The van der Waals surface area contributed by atoms with Gasteiger partial charge in [0.15, 0.2) is 12.2 Å². The molecular weight excluding hydrogens is 526 g/mol. The highest BCUT2D eigenvalue weighted by Crippen LogP contribution is 2.19. The minimum atomic E-state index is -1.15. The molecule has 0 bridgehead atoms. The maximum Gasteiger partial charge on any atom is 0.329 e. The third-order valence-corrected chi connectivity index (χ3v) is 6.80. The van der Waals surface area contributed by atoms with Gasteiger partial charge in [-0.25, -0.2) is 4.79 Å². The molecule has 0 saturated carbocycles. The average molecular weight is 574 g/mol. The van der Waals surface area contributed by atoms with Crippen molar-refractivity contribution in [3.8, 4) is 0 Å². The van der Waals surface area contributed by atoms with E-state index in [1.807, 2.05) is 71.9 Å². The van der Waals surface area contributed by atoms with Gasteiger partial charge in [0.2, 0.25) is 5.91 Å². The minimum absolute atomic E-state index is 0.00474. The molecular formula is C31H47N3O7. The molecule has 1 fully saturated rings. The minimum Gasteiger partial charge on any atom is -0.452 e. The number of amides is 3. The first-order valence-electron chi connectivity index (χ1n) is 14.6. The van der Waals surface area contributed by atoms with Crippen LogP contribution in [0.15, 0.2) is 30.3 Å². The Morgan fingerprint density at radius 1 is 0.805 bits per heavy atom. The number of carbonyl (C=O) groups excluding carboxylic acids is 5. The van der Waals surface area contributed by atoms with Crippen LogP contribution < -0.4 is 10.6 Å². The lowest BCUT2D eigenvalue weighted by Gasteiger charge is -2.32. The van der Waals surface area contributed by atoms with Crippen molar-refractivity contribution in [2.24, 2.45) is 17.8 Å². The molecule has 0 aliphatic carbocycles. The number of ether oxygens (including phenoxy) is 2. The molecule has 0 aromatic heterocycles. The van der Waals surface area contributed by atoms with Gasteiger partial charge in [0, 0.05) is 20.0 Å². The molecule has 228 valence electrons. The molecule has 10 nitrogen and oxygen atoms in total. The fourth-order valence-corrected chi connectivity index (χ4v) is 4.68. The van der Waals surface area contributed by atoms with Gasteiger partial charge in [-0.2, -0.15) is 0 Å². The van der Waals surface area contributed by atoms with E-state index in [2.05, 4.69) is 10.6 Å². The zero-order chi connectivity index (χ0) is 30.7. The van der Waals surface area contributed by atoms with Gasteiger partial charge in [-0.3, -0.25) is 19.2 Å². The molecule has 4 unspecified atom stereocenters. The smallest absolute Gasteiger partial charge is 0.329 e. The van der Waals surface area contributed by atoms with Crippen molar-refractivity contribution in [2.45, 2.75) is 97.9 Å². The zero-order valence-corrected chi connectivity index (χ0v) is 25.5. The van der Waals surface area contributed by atoms with Crippen molar-refractivity contribution in [3.63, 3.8) is 0 Å². The van der Waals surface area contributed by atoms with Gasteiger partial charge in [-0.1, -0.05) is 71.9 Å². The van der Waals surface area contributed by atoms with E-state index in [9.17, 15) is 24.0 Å².